The van der Waals surface area contributed by atoms with Gasteiger partial charge < -0.3 is 15.4 Å². The summed E-state index contributed by atoms with van der Waals surface area (Å²) in [6.07, 6.45) is -4.62. The van der Waals surface area contributed by atoms with Gasteiger partial charge in [0.05, 0.1) is 23.8 Å². The standard InChI is InChI=1S/C21H24F6N6O2.C3H8/c22-20(23,24)14-5-12(6-15(8-14)21(25,26)27)9-28-19(34)13-1-2-16(7-13)30-17-3-4-35-10-18(17)33-11-29-31-32-33;1-3-2/h5-6,8,11,13,16-18,30H,1-4,7,9-10H2,(H,28,34);3H2,1-2H3/t13-,16?,17?,18?;/m0./s1. The molecule has 2 aliphatic rings. The largest absolute Gasteiger partial charge is 0.416 e. The molecule has 38 heavy (non-hydrogen) atoms. The van der Waals surface area contributed by atoms with E-state index in [0.717, 1.165) is 6.42 Å². The molecule has 212 valence electrons. The molecule has 8 nitrogen and oxygen atoms in total. The lowest BCUT2D eigenvalue weighted by atomic mass is 10.0. The summed E-state index contributed by atoms with van der Waals surface area (Å²) in [4.78, 5) is 12.6. The molecule has 1 amide bonds. The van der Waals surface area contributed by atoms with E-state index in [-0.39, 0.29) is 29.8 Å². The van der Waals surface area contributed by atoms with E-state index in [1.54, 1.807) is 4.68 Å². The van der Waals surface area contributed by atoms with Gasteiger partial charge in [0.25, 0.3) is 0 Å². The summed E-state index contributed by atoms with van der Waals surface area (Å²) >= 11 is 0. The first-order chi connectivity index (χ1) is 17.9. The van der Waals surface area contributed by atoms with Crippen molar-refractivity contribution in [1.29, 1.82) is 0 Å². The fourth-order valence-corrected chi connectivity index (χ4v) is 4.63. The Morgan fingerprint density at radius 3 is 2.29 bits per heavy atom. The van der Waals surface area contributed by atoms with Gasteiger partial charge in [-0.05, 0) is 59.9 Å². The maximum absolute atomic E-state index is 13.1. The van der Waals surface area contributed by atoms with Crippen molar-refractivity contribution >= 4 is 5.91 Å². The number of alkyl halides is 6. The Balaban J connectivity index is 0.00000127. The molecule has 14 heteroatoms. The lowest BCUT2D eigenvalue weighted by Gasteiger charge is -2.33. The molecule has 1 saturated carbocycles. The number of tetrazole rings is 1. The van der Waals surface area contributed by atoms with Crippen LogP contribution >= 0.6 is 0 Å². The molecular weight excluding hydrogens is 518 g/mol. The highest BCUT2D eigenvalue weighted by Crippen LogP contribution is 2.36. The molecule has 0 radical (unpaired) electrons. The smallest absolute Gasteiger partial charge is 0.379 e. The molecule has 2 fully saturated rings. The van der Waals surface area contributed by atoms with Crippen LogP contribution in [0.15, 0.2) is 24.5 Å². The number of ether oxygens (including phenoxy) is 1. The number of amides is 1. The average Bonchev–Trinajstić information content (AvgIpc) is 3.55. The Hall–Kier alpha value is -2.74. The van der Waals surface area contributed by atoms with Gasteiger partial charge in [-0.15, -0.1) is 5.10 Å². The monoisotopic (exact) mass is 550 g/mol. The number of carbonyl (C=O) groups excluding carboxylic acids is 1. The zero-order valence-electron chi connectivity index (χ0n) is 21.1. The molecule has 3 unspecified atom stereocenters. The Morgan fingerprint density at radius 2 is 1.71 bits per heavy atom. The Kier molecular flexibility index (Phi) is 10.1. The highest BCUT2D eigenvalue weighted by molar-refractivity contribution is 5.79. The van der Waals surface area contributed by atoms with Gasteiger partial charge in [-0.25, -0.2) is 4.68 Å². The highest BCUT2D eigenvalue weighted by Gasteiger charge is 2.38. The van der Waals surface area contributed by atoms with Crippen molar-refractivity contribution in [3.8, 4) is 0 Å². The molecule has 1 saturated heterocycles. The van der Waals surface area contributed by atoms with E-state index < -0.39 is 41.8 Å². The van der Waals surface area contributed by atoms with Gasteiger partial charge in [-0.3, -0.25) is 4.79 Å². The second-order valence-electron chi connectivity index (χ2n) is 9.54. The lowest BCUT2D eigenvalue weighted by Crippen LogP contribution is -2.47. The molecule has 2 heterocycles. The zero-order chi connectivity index (χ0) is 27.9. The molecule has 2 N–H and O–H groups in total. The van der Waals surface area contributed by atoms with Crippen LogP contribution in [0.2, 0.25) is 0 Å². The van der Waals surface area contributed by atoms with E-state index in [4.69, 9.17) is 4.74 Å². The summed E-state index contributed by atoms with van der Waals surface area (Å²) in [5.74, 6) is -0.795. The number of hydrogen-bond acceptors (Lipinski definition) is 6. The molecule has 2 aromatic rings. The molecule has 1 aliphatic heterocycles. The first kappa shape index (κ1) is 29.8. The summed E-state index contributed by atoms with van der Waals surface area (Å²) < 4.78 is 85.5. The van der Waals surface area contributed by atoms with Gasteiger partial charge >= 0.3 is 12.4 Å². The fraction of sp³-hybridized carbons (Fsp3) is 0.667. The molecule has 4 rings (SSSR count). The van der Waals surface area contributed by atoms with Crippen molar-refractivity contribution in [2.75, 3.05) is 13.2 Å². The number of benzene rings is 1. The highest BCUT2D eigenvalue weighted by atomic mass is 19.4. The summed E-state index contributed by atoms with van der Waals surface area (Å²) in [6, 6.07) is 1.27. The summed E-state index contributed by atoms with van der Waals surface area (Å²) in [7, 11) is 0. The van der Waals surface area contributed by atoms with Gasteiger partial charge in [0.2, 0.25) is 5.91 Å². The second kappa shape index (κ2) is 12.9. The van der Waals surface area contributed by atoms with Gasteiger partial charge in [-0.2, -0.15) is 26.3 Å². The van der Waals surface area contributed by atoms with Crippen molar-refractivity contribution in [2.45, 2.75) is 83.0 Å². The number of nitrogens with one attached hydrogen (secondary N) is 2. The minimum atomic E-state index is -4.94. The number of hydrogen-bond donors (Lipinski definition) is 2. The zero-order valence-corrected chi connectivity index (χ0v) is 21.1. The van der Waals surface area contributed by atoms with E-state index in [9.17, 15) is 31.1 Å². The number of nitrogens with zero attached hydrogens (tertiary/aromatic N) is 4. The Bertz CT molecular complexity index is 998. The van der Waals surface area contributed by atoms with E-state index in [1.807, 2.05) is 0 Å². The second-order valence-corrected chi connectivity index (χ2v) is 9.54. The first-order valence-corrected chi connectivity index (χ1v) is 12.5. The fourth-order valence-electron chi connectivity index (χ4n) is 4.63. The van der Waals surface area contributed by atoms with E-state index in [0.29, 0.717) is 44.6 Å². The van der Waals surface area contributed by atoms with Crippen molar-refractivity contribution in [2.24, 2.45) is 5.92 Å². The van der Waals surface area contributed by atoms with E-state index in [2.05, 4.69) is 40.0 Å². The molecule has 0 spiro atoms. The summed E-state index contributed by atoms with van der Waals surface area (Å²) in [6.45, 7) is 4.84. The topological polar surface area (TPSA) is 94.0 Å². The van der Waals surface area contributed by atoms with Gasteiger partial charge in [0.15, 0.2) is 0 Å². The molecule has 1 aromatic heterocycles. The lowest BCUT2D eigenvalue weighted by molar-refractivity contribution is -0.143. The van der Waals surface area contributed by atoms with Gasteiger partial charge in [-0.1, -0.05) is 20.3 Å². The van der Waals surface area contributed by atoms with Crippen LogP contribution in [0.5, 0.6) is 0 Å². The van der Waals surface area contributed by atoms with Crippen LogP contribution in [-0.2, 0) is 28.4 Å². The van der Waals surface area contributed by atoms with Crippen LogP contribution in [0, 0.1) is 5.92 Å². The van der Waals surface area contributed by atoms with Crippen LogP contribution in [-0.4, -0.2) is 51.4 Å². The van der Waals surface area contributed by atoms with E-state index >= 15 is 0 Å². The molecule has 0 bridgehead atoms. The predicted molar refractivity (Wildman–Crippen MR) is 125 cm³/mol. The number of rotatable bonds is 6. The minimum Gasteiger partial charge on any atom is -0.379 e. The van der Waals surface area contributed by atoms with Crippen LogP contribution in [0.25, 0.3) is 0 Å². The minimum absolute atomic E-state index is 0.0261. The van der Waals surface area contributed by atoms with Gasteiger partial charge in [0, 0.05) is 31.2 Å². The average molecular weight is 551 g/mol. The van der Waals surface area contributed by atoms with Gasteiger partial charge in [0.1, 0.15) is 6.33 Å². The number of aromatic nitrogens is 4. The normalized spacial score (nSPS) is 24.0. The van der Waals surface area contributed by atoms with E-state index in [1.165, 1.54) is 12.7 Å². The van der Waals surface area contributed by atoms with Crippen molar-refractivity contribution in [1.82, 2.24) is 30.8 Å². The number of halogens is 6. The number of carbonyl (C=O) groups is 1. The van der Waals surface area contributed by atoms with Crippen molar-refractivity contribution in [3.05, 3.63) is 41.2 Å². The molecule has 1 aromatic carbocycles. The van der Waals surface area contributed by atoms with Crippen LogP contribution < -0.4 is 10.6 Å². The van der Waals surface area contributed by atoms with Crippen LogP contribution in [0.4, 0.5) is 26.3 Å². The maximum atomic E-state index is 13.1. The Morgan fingerprint density at radius 1 is 1.05 bits per heavy atom. The third-order valence-corrected chi connectivity index (χ3v) is 6.40. The molecular formula is C24H32F6N6O2. The third kappa shape index (κ3) is 8.13. The Labute approximate surface area is 216 Å². The quantitative estimate of drug-likeness (QED) is 0.514. The summed E-state index contributed by atoms with van der Waals surface area (Å²) in [5.41, 5.74) is -3.08. The molecule has 4 atom stereocenters. The van der Waals surface area contributed by atoms with Crippen LogP contribution in [0.3, 0.4) is 0 Å². The van der Waals surface area contributed by atoms with Crippen molar-refractivity contribution < 1.29 is 35.9 Å². The maximum Gasteiger partial charge on any atom is 0.416 e. The molecule has 1 aliphatic carbocycles. The SMILES string of the molecule is CCC.O=C(NCc1cc(C(F)(F)F)cc(C(F)(F)F)c1)[C@H]1CCC(NC2CCOCC2n2cnnn2)C1. The first-order valence-electron chi connectivity index (χ1n) is 12.5. The predicted octanol–water partition coefficient (Wildman–Crippen LogP) is 4.53. The third-order valence-electron chi connectivity index (χ3n) is 6.40. The summed E-state index contributed by atoms with van der Waals surface area (Å²) in [5, 5.41) is 17.3. The van der Waals surface area contributed by atoms with Crippen LogP contribution in [0.1, 0.15) is 68.7 Å². The van der Waals surface area contributed by atoms with Crippen molar-refractivity contribution in [3.63, 3.8) is 0 Å².